The van der Waals surface area contributed by atoms with Crippen molar-refractivity contribution in [2.24, 2.45) is 15.8 Å². The Balaban J connectivity index is 1.49. The summed E-state index contributed by atoms with van der Waals surface area (Å²) in [5.74, 6) is 0.325. The summed E-state index contributed by atoms with van der Waals surface area (Å²) in [5, 5.41) is 0.555. The maximum absolute atomic E-state index is 13.8. The van der Waals surface area contributed by atoms with Gasteiger partial charge in [0.25, 0.3) is 0 Å². The number of benzene rings is 3. The van der Waals surface area contributed by atoms with Gasteiger partial charge in [0.05, 0.1) is 11.1 Å². The van der Waals surface area contributed by atoms with Crippen molar-refractivity contribution >= 4 is 46.4 Å². The van der Waals surface area contributed by atoms with Gasteiger partial charge in [0.1, 0.15) is 5.41 Å². The molecule has 2 saturated heterocycles. The number of β-lactam (4-membered cyclic amide) rings is 2. The van der Waals surface area contributed by atoms with Gasteiger partial charge in [0.15, 0.2) is 11.8 Å². The number of nitrogens with zero attached hydrogens (tertiary/aromatic N) is 3. The lowest BCUT2D eigenvalue weighted by Gasteiger charge is -2.62. The van der Waals surface area contributed by atoms with E-state index in [0.29, 0.717) is 16.6 Å². The van der Waals surface area contributed by atoms with Crippen LogP contribution in [0.3, 0.4) is 0 Å². The first-order valence-corrected chi connectivity index (χ1v) is 13.2. The predicted molar refractivity (Wildman–Crippen MR) is 150 cm³/mol. The summed E-state index contributed by atoms with van der Waals surface area (Å²) in [4.78, 5) is 35.4. The summed E-state index contributed by atoms with van der Waals surface area (Å²) in [5.41, 5.74) is 2.55. The molecule has 6 rings (SSSR count). The molecule has 3 aromatic rings. The highest BCUT2D eigenvalue weighted by Gasteiger charge is 2.74. The molecule has 6 nitrogen and oxygen atoms in total. The first-order chi connectivity index (χ1) is 17.9. The largest absolute Gasteiger partial charge is 0.453 e. The van der Waals surface area contributed by atoms with Crippen molar-refractivity contribution in [1.29, 1.82) is 0 Å². The highest BCUT2D eigenvalue weighted by atomic mass is 35.5. The monoisotopic (exact) mass is 527 g/mol. The van der Waals surface area contributed by atoms with E-state index in [0.717, 1.165) is 28.1 Å². The number of aliphatic imine (C=N–C) groups is 1. The minimum absolute atomic E-state index is 0.0288. The zero-order valence-electron chi connectivity index (χ0n) is 22.4. The SMILES string of the molecule is Cc1ccc(N2C(=O)C(C)(C)[C@H]2OC2=Nc3ccc(Cl)cc3[C@]23N(c2ccc(C)cc2)C(=O)C3(C)C)cc1. The van der Waals surface area contributed by atoms with Gasteiger partial charge in [-0.05, 0) is 84.0 Å². The molecule has 2 amide bonds. The second-order valence-electron chi connectivity index (χ2n) is 11.6. The number of amides is 2. The van der Waals surface area contributed by atoms with E-state index in [1.807, 2.05) is 102 Å². The van der Waals surface area contributed by atoms with Crippen molar-refractivity contribution in [3.8, 4) is 0 Å². The highest BCUT2D eigenvalue weighted by molar-refractivity contribution is 6.31. The zero-order valence-corrected chi connectivity index (χ0v) is 23.1. The van der Waals surface area contributed by atoms with Crippen LogP contribution in [0.1, 0.15) is 44.4 Å². The first-order valence-electron chi connectivity index (χ1n) is 12.8. The molecule has 2 atom stereocenters. The van der Waals surface area contributed by atoms with E-state index < -0.39 is 22.6 Å². The minimum Gasteiger partial charge on any atom is -0.453 e. The molecule has 3 aliphatic heterocycles. The minimum atomic E-state index is -1.02. The fourth-order valence-corrected chi connectivity index (χ4v) is 6.17. The fraction of sp³-hybridized carbons (Fsp3) is 0.323. The van der Waals surface area contributed by atoms with E-state index in [1.165, 1.54) is 0 Å². The Bertz CT molecular complexity index is 1520. The molecule has 3 heterocycles. The summed E-state index contributed by atoms with van der Waals surface area (Å²) >= 11 is 6.50. The summed E-state index contributed by atoms with van der Waals surface area (Å²) in [6, 6.07) is 21.2. The molecule has 0 aromatic heterocycles. The van der Waals surface area contributed by atoms with Gasteiger partial charge in [-0.3, -0.25) is 19.4 Å². The van der Waals surface area contributed by atoms with Gasteiger partial charge in [-0.2, -0.15) is 0 Å². The second-order valence-corrected chi connectivity index (χ2v) is 12.0. The second kappa shape index (κ2) is 7.93. The molecule has 3 aliphatic rings. The van der Waals surface area contributed by atoms with Crippen LogP contribution < -0.4 is 9.80 Å². The van der Waals surface area contributed by atoms with Crippen molar-refractivity contribution in [1.82, 2.24) is 0 Å². The van der Waals surface area contributed by atoms with Crippen LogP contribution in [0.5, 0.6) is 0 Å². The third-order valence-electron chi connectivity index (χ3n) is 8.31. The zero-order chi connectivity index (χ0) is 27.2. The number of carbonyl (C=O) groups excluding carboxylic acids is 2. The average Bonchev–Trinajstić information content (AvgIpc) is 3.21. The van der Waals surface area contributed by atoms with E-state index in [2.05, 4.69) is 0 Å². The van der Waals surface area contributed by atoms with Crippen molar-refractivity contribution in [3.63, 3.8) is 0 Å². The lowest BCUT2D eigenvalue weighted by molar-refractivity contribution is -0.151. The molecule has 38 heavy (non-hydrogen) atoms. The molecule has 0 radical (unpaired) electrons. The maximum Gasteiger partial charge on any atom is 0.241 e. The van der Waals surface area contributed by atoms with Crippen molar-refractivity contribution in [2.45, 2.75) is 53.3 Å². The number of aryl methyl sites for hydroxylation is 2. The van der Waals surface area contributed by atoms with Crippen LogP contribution in [0, 0.1) is 24.7 Å². The van der Waals surface area contributed by atoms with Gasteiger partial charge in [-0.25, -0.2) is 4.99 Å². The third kappa shape index (κ3) is 3.04. The van der Waals surface area contributed by atoms with Crippen molar-refractivity contribution < 1.29 is 14.3 Å². The molecule has 0 N–H and O–H groups in total. The Morgan fingerprint density at radius 1 is 0.816 bits per heavy atom. The Hall–Kier alpha value is -3.64. The standard InChI is InChI=1S/C31H30ClN3O3/c1-18-7-12-21(13-8-18)34-26(36)29(3,4)28(34)38-25-31(23-17-20(32)11-16-24(23)33-25)30(5,6)27(37)35(31)22-14-9-19(2)10-15-22/h7-17,28H,1-6H3/t28-,31+/m1/s1. The topological polar surface area (TPSA) is 62.2 Å². The smallest absolute Gasteiger partial charge is 0.241 e. The van der Waals surface area contributed by atoms with Crippen LogP contribution in [-0.4, -0.2) is 23.9 Å². The molecular formula is C31H30ClN3O3. The molecule has 3 aromatic carbocycles. The summed E-state index contributed by atoms with van der Waals surface area (Å²) in [7, 11) is 0. The predicted octanol–water partition coefficient (Wildman–Crippen LogP) is 6.68. The fourth-order valence-electron chi connectivity index (χ4n) is 5.99. The normalized spacial score (nSPS) is 24.6. The van der Waals surface area contributed by atoms with Gasteiger partial charge in [-0.15, -0.1) is 0 Å². The maximum atomic E-state index is 13.8. The molecule has 0 bridgehead atoms. The van der Waals surface area contributed by atoms with Crippen LogP contribution in [0.25, 0.3) is 0 Å². The van der Waals surface area contributed by atoms with Crippen LogP contribution in [0.2, 0.25) is 5.02 Å². The van der Waals surface area contributed by atoms with E-state index in [1.54, 1.807) is 15.9 Å². The lowest BCUT2D eigenvalue weighted by Crippen LogP contribution is -2.78. The van der Waals surface area contributed by atoms with E-state index in [-0.39, 0.29) is 11.8 Å². The number of hydrogen-bond acceptors (Lipinski definition) is 4. The lowest BCUT2D eigenvalue weighted by atomic mass is 9.59. The Morgan fingerprint density at radius 2 is 1.39 bits per heavy atom. The molecule has 0 saturated carbocycles. The molecule has 2 fully saturated rings. The quantitative estimate of drug-likeness (QED) is 0.357. The Kier molecular flexibility index (Phi) is 5.15. The number of fused-ring (bicyclic) bond motifs is 2. The van der Waals surface area contributed by atoms with Crippen molar-refractivity contribution in [2.75, 3.05) is 9.80 Å². The first kappa shape index (κ1) is 24.7. The molecule has 0 unspecified atom stereocenters. The number of ether oxygens (including phenoxy) is 1. The van der Waals surface area contributed by atoms with Gasteiger partial charge in [-0.1, -0.05) is 47.0 Å². The van der Waals surface area contributed by atoms with E-state index in [9.17, 15) is 9.59 Å². The van der Waals surface area contributed by atoms with Gasteiger partial charge < -0.3 is 4.74 Å². The molecule has 0 aliphatic carbocycles. The van der Waals surface area contributed by atoms with Gasteiger partial charge >= 0.3 is 0 Å². The highest BCUT2D eigenvalue weighted by Crippen LogP contribution is 2.63. The molecule has 1 spiro atoms. The van der Waals surface area contributed by atoms with Crippen LogP contribution in [0.4, 0.5) is 17.1 Å². The number of hydrogen-bond donors (Lipinski definition) is 0. The van der Waals surface area contributed by atoms with Crippen LogP contribution >= 0.6 is 11.6 Å². The third-order valence-corrected chi connectivity index (χ3v) is 8.54. The number of carbonyl (C=O) groups is 2. The van der Waals surface area contributed by atoms with E-state index >= 15 is 0 Å². The average molecular weight is 528 g/mol. The van der Waals surface area contributed by atoms with Crippen LogP contribution in [0.15, 0.2) is 71.7 Å². The summed E-state index contributed by atoms with van der Waals surface area (Å²) < 4.78 is 6.79. The molecule has 7 heteroatoms. The number of halogens is 1. The molecule has 194 valence electrons. The number of rotatable bonds is 3. The Labute approximate surface area is 227 Å². The Morgan fingerprint density at radius 3 is 2.00 bits per heavy atom. The van der Waals surface area contributed by atoms with Crippen molar-refractivity contribution in [3.05, 3.63) is 88.4 Å². The summed E-state index contributed by atoms with van der Waals surface area (Å²) in [6.45, 7) is 11.6. The van der Waals surface area contributed by atoms with Gasteiger partial charge in [0, 0.05) is 22.0 Å². The molecular weight excluding hydrogens is 498 g/mol. The summed E-state index contributed by atoms with van der Waals surface area (Å²) in [6.07, 6.45) is -0.607. The number of anilines is 2. The van der Waals surface area contributed by atoms with Gasteiger partial charge in [0.2, 0.25) is 17.7 Å². The van der Waals surface area contributed by atoms with Crippen LogP contribution in [-0.2, 0) is 19.9 Å². The van der Waals surface area contributed by atoms with E-state index in [4.69, 9.17) is 21.3 Å².